The van der Waals surface area contributed by atoms with Gasteiger partial charge in [0.2, 0.25) is 0 Å². The molecule has 3 N–H and O–H groups in total. The van der Waals surface area contributed by atoms with Crippen LogP contribution in [-0.2, 0) is 4.84 Å². The van der Waals surface area contributed by atoms with Crippen LogP contribution in [0.25, 0.3) is 22.5 Å². The van der Waals surface area contributed by atoms with Crippen LogP contribution in [0, 0.1) is 0 Å². The average Bonchev–Trinajstić information content (AvgIpc) is 3.47. The zero-order valence-corrected chi connectivity index (χ0v) is 19.4. The number of ketones is 1. The van der Waals surface area contributed by atoms with Crippen molar-refractivity contribution in [2.24, 2.45) is 0 Å². The first-order valence-corrected chi connectivity index (χ1v) is 10.9. The van der Waals surface area contributed by atoms with Crippen LogP contribution < -0.4 is 15.6 Å². The maximum absolute atomic E-state index is 13.6. The van der Waals surface area contributed by atoms with Crippen molar-refractivity contribution in [2.45, 2.75) is 0 Å². The molecule has 0 bridgehead atoms. The lowest BCUT2D eigenvalue weighted by Crippen LogP contribution is -2.48. The second-order valence-corrected chi connectivity index (χ2v) is 7.84. The van der Waals surface area contributed by atoms with Crippen molar-refractivity contribution in [1.29, 1.82) is 0 Å². The predicted molar refractivity (Wildman–Crippen MR) is 131 cm³/mol. The van der Waals surface area contributed by atoms with Gasteiger partial charge in [0.05, 0.1) is 36.7 Å². The van der Waals surface area contributed by atoms with Crippen LogP contribution in [0.3, 0.4) is 0 Å². The van der Waals surface area contributed by atoms with E-state index >= 15 is 0 Å². The molecule has 1 aromatic heterocycles. The number of carbonyl (C=O) groups is 3. The maximum atomic E-state index is 13.6. The Bertz CT molecular complexity index is 1460. The minimum absolute atomic E-state index is 0.247. The number of methoxy groups -OCH3 is 1. The third-order valence-corrected chi connectivity index (χ3v) is 5.77. The fourth-order valence-corrected chi connectivity index (χ4v) is 4.10. The largest absolute Gasteiger partial charge is 0.497 e. The zero-order valence-electron chi connectivity index (χ0n) is 19.4. The maximum Gasteiger partial charge on any atom is 0.345 e. The minimum atomic E-state index is -0.823. The minimum Gasteiger partial charge on any atom is -0.497 e. The molecule has 0 aliphatic heterocycles. The van der Waals surface area contributed by atoms with Crippen LogP contribution >= 0.6 is 0 Å². The number of imide groups is 1. The molecule has 1 aliphatic carbocycles. The van der Waals surface area contributed by atoms with Gasteiger partial charge in [-0.1, -0.05) is 30.3 Å². The van der Waals surface area contributed by atoms with Gasteiger partial charge in [0, 0.05) is 16.7 Å². The summed E-state index contributed by atoms with van der Waals surface area (Å²) >= 11 is 0. The van der Waals surface area contributed by atoms with E-state index in [2.05, 4.69) is 21.1 Å². The highest BCUT2D eigenvalue weighted by Crippen LogP contribution is 2.43. The van der Waals surface area contributed by atoms with Crippen molar-refractivity contribution >= 4 is 23.4 Å². The molecule has 0 fully saturated rings. The standard InChI is InChI=1S/C26H21N5O5/c1-35-17-13-11-15(12-14-17)22-21-23(29-28-22)18-9-6-10-19(20(18)24(21)32)27-26(34)31(30-36-2)25(33)16-7-4-3-5-8-16/h3-14,30H,1-2H3,(H,27,34)(H,28,29). The number of H-pyrrole nitrogens is 1. The summed E-state index contributed by atoms with van der Waals surface area (Å²) in [6.45, 7) is 0. The number of urea groups is 1. The molecule has 5 rings (SSSR count). The van der Waals surface area contributed by atoms with Gasteiger partial charge in [0.1, 0.15) is 11.4 Å². The highest BCUT2D eigenvalue weighted by atomic mass is 16.7. The Labute approximate surface area is 205 Å². The first-order chi connectivity index (χ1) is 17.5. The third-order valence-electron chi connectivity index (χ3n) is 5.77. The number of hydrogen-bond acceptors (Lipinski definition) is 7. The second-order valence-electron chi connectivity index (χ2n) is 7.84. The van der Waals surface area contributed by atoms with Gasteiger partial charge in [-0.2, -0.15) is 10.1 Å². The Balaban J connectivity index is 1.46. The molecule has 0 saturated carbocycles. The number of rotatable bonds is 6. The molecule has 1 aliphatic rings. The lowest BCUT2D eigenvalue weighted by molar-refractivity contribution is -0.0173. The van der Waals surface area contributed by atoms with E-state index in [0.717, 1.165) is 5.56 Å². The number of carbonyl (C=O) groups excluding carboxylic acids is 3. The van der Waals surface area contributed by atoms with Crippen LogP contribution in [0.5, 0.6) is 5.75 Å². The molecule has 3 amide bonds. The highest BCUT2D eigenvalue weighted by Gasteiger charge is 2.35. The summed E-state index contributed by atoms with van der Waals surface area (Å²) in [5, 5.41) is 10.7. The Morgan fingerprint density at radius 3 is 2.36 bits per heavy atom. The van der Waals surface area contributed by atoms with Crippen molar-refractivity contribution in [3.63, 3.8) is 0 Å². The molecule has 0 saturated heterocycles. The Morgan fingerprint density at radius 1 is 0.917 bits per heavy atom. The number of nitrogens with zero attached hydrogens (tertiary/aromatic N) is 2. The number of amides is 3. The molecule has 0 unspecified atom stereocenters. The first-order valence-electron chi connectivity index (χ1n) is 10.9. The van der Waals surface area contributed by atoms with E-state index in [9.17, 15) is 14.4 Å². The average molecular weight is 483 g/mol. The molecule has 180 valence electrons. The molecule has 1 heterocycles. The van der Waals surface area contributed by atoms with Gasteiger partial charge in [-0.05, 0) is 42.5 Å². The number of hydrogen-bond donors (Lipinski definition) is 3. The normalized spacial score (nSPS) is 11.6. The molecule has 10 nitrogen and oxygen atoms in total. The second kappa shape index (κ2) is 9.45. The number of aromatic nitrogens is 2. The van der Waals surface area contributed by atoms with E-state index in [4.69, 9.17) is 9.57 Å². The summed E-state index contributed by atoms with van der Waals surface area (Å²) in [5.41, 5.74) is 5.91. The predicted octanol–water partition coefficient (Wildman–Crippen LogP) is 4.04. The molecule has 4 aromatic rings. The SMILES string of the molecule is CONN(C(=O)Nc1cccc2c1C(=O)c1c(-c3ccc(OC)cc3)n[nH]c1-2)C(=O)c1ccccc1. The van der Waals surface area contributed by atoms with E-state index in [1.165, 1.54) is 7.11 Å². The molecule has 3 aromatic carbocycles. The van der Waals surface area contributed by atoms with Crippen LogP contribution in [0.4, 0.5) is 10.5 Å². The summed E-state index contributed by atoms with van der Waals surface area (Å²) in [7, 11) is 2.86. The van der Waals surface area contributed by atoms with E-state index in [1.54, 1.807) is 67.8 Å². The molecule has 0 spiro atoms. The lowest BCUT2D eigenvalue weighted by atomic mass is 10.0. The quantitative estimate of drug-likeness (QED) is 0.311. The molecule has 36 heavy (non-hydrogen) atoms. The van der Waals surface area contributed by atoms with Gasteiger partial charge < -0.3 is 10.1 Å². The van der Waals surface area contributed by atoms with Crippen molar-refractivity contribution in [2.75, 3.05) is 19.5 Å². The van der Waals surface area contributed by atoms with Crippen molar-refractivity contribution < 1.29 is 24.0 Å². The number of hydrazine groups is 1. The van der Waals surface area contributed by atoms with Gasteiger partial charge in [-0.15, -0.1) is 5.59 Å². The topological polar surface area (TPSA) is 126 Å². The fraction of sp³-hybridized carbons (Fsp3) is 0.0769. The summed E-state index contributed by atoms with van der Waals surface area (Å²) in [4.78, 5) is 44.4. The summed E-state index contributed by atoms with van der Waals surface area (Å²) in [6, 6.07) is 19.7. The van der Waals surface area contributed by atoms with Gasteiger partial charge >= 0.3 is 6.03 Å². The molecular formula is C26H21N5O5. The van der Waals surface area contributed by atoms with Gasteiger partial charge in [0.15, 0.2) is 5.78 Å². The van der Waals surface area contributed by atoms with Crippen molar-refractivity contribution in [3.8, 4) is 28.3 Å². The molecular weight excluding hydrogens is 462 g/mol. The fourth-order valence-electron chi connectivity index (χ4n) is 4.10. The smallest absolute Gasteiger partial charge is 0.345 e. The Hall–Kier alpha value is -4.80. The lowest BCUT2D eigenvalue weighted by Gasteiger charge is -2.21. The molecule has 0 radical (unpaired) electrons. The van der Waals surface area contributed by atoms with Crippen molar-refractivity contribution in [3.05, 3.63) is 89.5 Å². The van der Waals surface area contributed by atoms with E-state index in [0.29, 0.717) is 38.8 Å². The van der Waals surface area contributed by atoms with Gasteiger partial charge in [-0.3, -0.25) is 19.5 Å². The van der Waals surface area contributed by atoms with E-state index in [1.807, 2.05) is 12.1 Å². The summed E-state index contributed by atoms with van der Waals surface area (Å²) in [5.74, 6) is -0.244. The monoisotopic (exact) mass is 483 g/mol. The van der Waals surface area contributed by atoms with Crippen LogP contribution in [0.15, 0.2) is 72.8 Å². The summed E-state index contributed by atoms with van der Waals surface area (Å²) < 4.78 is 5.21. The van der Waals surface area contributed by atoms with Gasteiger partial charge in [0.25, 0.3) is 5.91 Å². The molecule has 10 heteroatoms. The molecule has 0 atom stereocenters. The van der Waals surface area contributed by atoms with Crippen molar-refractivity contribution in [1.82, 2.24) is 20.8 Å². The zero-order chi connectivity index (χ0) is 25.2. The van der Waals surface area contributed by atoms with Gasteiger partial charge in [-0.25, -0.2) is 4.79 Å². The number of ether oxygens (including phenoxy) is 1. The van der Waals surface area contributed by atoms with E-state index in [-0.39, 0.29) is 17.0 Å². The Kier molecular flexibility index (Phi) is 6.03. The number of fused-ring (bicyclic) bond motifs is 3. The highest BCUT2D eigenvalue weighted by molar-refractivity contribution is 6.27. The first kappa shape index (κ1) is 23.0. The number of aromatic amines is 1. The number of anilines is 1. The van der Waals surface area contributed by atoms with E-state index < -0.39 is 11.9 Å². The number of nitrogens with one attached hydrogen (secondary N) is 3. The van der Waals surface area contributed by atoms with Crippen LogP contribution in [0.2, 0.25) is 0 Å². The number of benzene rings is 3. The Morgan fingerprint density at radius 2 is 1.67 bits per heavy atom. The summed E-state index contributed by atoms with van der Waals surface area (Å²) in [6.07, 6.45) is 0. The van der Waals surface area contributed by atoms with Crippen LogP contribution in [0.1, 0.15) is 26.3 Å². The van der Waals surface area contributed by atoms with Crippen LogP contribution in [-0.4, -0.2) is 47.1 Å². The third kappa shape index (κ3) is 3.90.